The van der Waals surface area contributed by atoms with Crippen molar-refractivity contribution >= 4 is 40.7 Å². The molecule has 0 aliphatic heterocycles. The van der Waals surface area contributed by atoms with E-state index >= 15 is 0 Å². The lowest BCUT2D eigenvalue weighted by Gasteiger charge is -2.10. The molecule has 0 heterocycles. The first-order valence-corrected chi connectivity index (χ1v) is 8.36. The minimum absolute atomic E-state index is 0.301. The molecule has 1 fully saturated rings. The van der Waals surface area contributed by atoms with Crippen molar-refractivity contribution in [3.63, 3.8) is 0 Å². The molecule has 6 heteroatoms. The quantitative estimate of drug-likeness (QED) is 0.627. The lowest BCUT2D eigenvalue weighted by atomic mass is 10.0. The Hall–Kier alpha value is -1.26. The highest BCUT2D eigenvalue weighted by Gasteiger charge is 2.16. The first kappa shape index (κ1) is 17.1. The summed E-state index contributed by atoms with van der Waals surface area (Å²) in [5, 5.41) is 5.89. The van der Waals surface area contributed by atoms with Crippen molar-refractivity contribution in [1.29, 1.82) is 0 Å². The summed E-state index contributed by atoms with van der Waals surface area (Å²) in [5.41, 5.74) is 0.372. The molecule has 0 unspecified atom stereocenters. The number of hydrogen-bond acceptors (Lipinski definition) is 2. The van der Waals surface area contributed by atoms with Gasteiger partial charge in [0.15, 0.2) is 0 Å². The van der Waals surface area contributed by atoms with Crippen molar-refractivity contribution in [2.45, 2.75) is 38.5 Å². The second-order valence-electron chi connectivity index (χ2n) is 5.63. The molecular formula is C16H20Cl2N2O2. The molecule has 2 amide bonds. The standard InChI is InChI=1S/C16H20Cl2N2O2/c17-12-7-8-14(13(18)10-12)20-16(22)15(21)19-9-3-6-11-4-1-2-5-11/h7-8,10-11H,1-6,9H2,(H,19,21)(H,20,22). The summed E-state index contributed by atoms with van der Waals surface area (Å²) in [6, 6.07) is 4.68. The molecule has 1 aliphatic rings. The van der Waals surface area contributed by atoms with Crippen molar-refractivity contribution < 1.29 is 9.59 Å². The van der Waals surface area contributed by atoms with Crippen LogP contribution in [0.5, 0.6) is 0 Å². The van der Waals surface area contributed by atoms with E-state index in [1.807, 2.05) is 0 Å². The van der Waals surface area contributed by atoms with Crippen molar-refractivity contribution in [1.82, 2.24) is 5.32 Å². The summed E-state index contributed by atoms with van der Waals surface area (Å²) < 4.78 is 0. The summed E-state index contributed by atoms with van der Waals surface area (Å²) >= 11 is 11.7. The van der Waals surface area contributed by atoms with Gasteiger partial charge in [-0.25, -0.2) is 0 Å². The third-order valence-corrected chi connectivity index (χ3v) is 4.48. The predicted molar refractivity (Wildman–Crippen MR) is 89.3 cm³/mol. The van der Waals surface area contributed by atoms with Crippen LogP contribution in [0.15, 0.2) is 18.2 Å². The van der Waals surface area contributed by atoms with Crippen molar-refractivity contribution in [3.05, 3.63) is 28.2 Å². The van der Waals surface area contributed by atoms with Crippen molar-refractivity contribution in [2.75, 3.05) is 11.9 Å². The van der Waals surface area contributed by atoms with Gasteiger partial charge in [-0.3, -0.25) is 9.59 Å². The van der Waals surface area contributed by atoms with Gasteiger partial charge in [0, 0.05) is 11.6 Å². The predicted octanol–water partition coefficient (Wildman–Crippen LogP) is 4.02. The fourth-order valence-electron chi connectivity index (χ4n) is 2.74. The maximum absolute atomic E-state index is 11.8. The Bertz CT molecular complexity index is 543. The smallest absolute Gasteiger partial charge is 0.313 e. The Morgan fingerprint density at radius 1 is 1.14 bits per heavy atom. The molecule has 0 bridgehead atoms. The van der Waals surface area contributed by atoms with Gasteiger partial charge in [-0.2, -0.15) is 0 Å². The highest BCUT2D eigenvalue weighted by atomic mass is 35.5. The number of carbonyl (C=O) groups is 2. The van der Waals surface area contributed by atoms with E-state index in [2.05, 4.69) is 10.6 Å². The molecule has 1 aliphatic carbocycles. The van der Waals surface area contributed by atoms with Crippen LogP contribution in [0.3, 0.4) is 0 Å². The molecule has 1 aromatic rings. The van der Waals surface area contributed by atoms with Crippen LogP contribution in [0.25, 0.3) is 0 Å². The summed E-state index contributed by atoms with van der Waals surface area (Å²) in [6.45, 7) is 0.525. The van der Waals surface area contributed by atoms with E-state index in [4.69, 9.17) is 23.2 Å². The first-order valence-electron chi connectivity index (χ1n) is 7.60. The summed E-state index contributed by atoms with van der Waals surface area (Å²) in [6.07, 6.45) is 7.26. The van der Waals surface area contributed by atoms with Crippen LogP contribution in [-0.2, 0) is 9.59 Å². The zero-order chi connectivity index (χ0) is 15.9. The van der Waals surface area contributed by atoms with Gasteiger partial charge in [0.25, 0.3) is 0 Å². The fraction of sp³-hybridized carbons (Fsp3) is 0.500. The number of halogens is 2. The molecule has 1 aromatic carbocycles. The minimum Gasteiger partial charge on any atom is -0.348 e. The minimum atomic E-state index is -0.718. The number of hydrogen-bond donors (Lipinski definition) is 2. The topological polar surface area (TPSA) is 58.2 Å². The Labute approximate surface area is 140 Å². The van der Waals surface area contributed by atoms with E-state index in [0.717, 1.165) is 18.8 Å². The first-order chi connectivity index (χ1) is 10.6. The summed E-state index contributed by atoms with van der Waals surface area (Å²) in [5.74, 6) is -0.568. The van der Waals surface area contributed by atoms with Crippen LogP contribution in [0.4, 0.5) is 5.69 Å². The van der Waals surface area contributed by atoms with E-state index < -0.39 is 11.8 Å². The molecule has 2 rings (SSSR count). The van der Waals surface area contributed by atoms with Crippen LogP contribution < -0.4 is 10.6 Å². The lowest BCUT2D eigenvalue weighted by molar-refractivity contribution is -0.136. The highest BCUT2D eigenvalue weighted by molar-refractivity contribution is 6.42. The largest absolute Gasteiger partial charge is 0.348 e. The number of anilines is 1. The van der Waals surface area contributed by atoms with Crippen molar-refractivity contribution in [3.8, 4) is 0 Å². The van der Waals surface area contributed by atoms with E-state index in [1.54, 1.807) is 12.1 Å². The number of benzene rings is 1. The Kier molecular flexibility index (Phi) is 6.52. The molecule has 120 valence electrons. The fourth-order valence-corrected chi connectivity index (χ4v) is 3.20. The third kappa shape index (κ3) is 5.18. The average Bonchev–Trinajstić information content (AvgIpc) is 2.99. The molecule has 0 radical (unpaired) electrons. The molecule has 4 nitrogen and oxygen atoms in total. The molecule has 0 atom stereocenters. The van der Waals surface area contributed by atoms with Gasteiger partial charge in [-0.05, 0) is 37.0 Å². The number of carbonyl (C=O) groups excluding carboxylic acids is 2. The molecule has 22 heavy (non-hydrogen) atoms. The Morgan fingerprint density at radius 3 is 2.55 bits per heavy atom. The van der Waals surface area contributed by atoms with Gasteiger partial charge in [0.1, 0.15) is 0 Å². The van der Waals surface area contributed by atoms with Crippen molar-refractivity contribution in [2.24, 2.45) is 5.92 Å². The van der Waals surface area contributed by atoms with Crippen LogP contribution >= 0.6 is 23.2 Å². The van der Waals surface area contributed by atoms with Gasteiger partial charge < -0.3 is 10.6 Å². The zero-order valence-corrected chi connectivity index (χ0v) is 13.8. The van der Waals surface area contributed by atoms with Crippen LogP contribution in [-0.4, -0.2) is 18.4 Å². The maximum atomic E-state index is 11.8. The molecule has 2 N–H and O–H groups in total. The number of amides is 2. The second kappa shape index (κ2) is 8.39. The van der Waals surface area contributed by atoms with Crippen LogP contribution in [0, 0.1) is 5.92 Å². The molecule has 1 saturated carbocycles. The van der Waals surface area contributed by atoms with E-state index in [1.165, 1.54) is 31.7 Å². The maximum Gasteiger partial charge on any atom is 0.313 e. The second-order valence-corrected chi connectivity index (χ2v) is 6.47. The summed E-state index contributed by atoms with van der Waals surface area (Å²) in [4.78, 5) is 23.5. The van der Waals surface area contributed by atoms with E-state index in [0.29, 0.717) is 22.3 Å². The SMILES string of the molecule is O=C(NCCCC1CCCC1)C(=O)Nc1ccc(Cl)cc1Cl. The van der Waals surface area contributed by atoms with E-state index in [-0.39, 0.29) is 0 Å². The van der Waals surface area contributed by atoms with Gasteiger partial charge in [0.05, 0.1) is 10.7 Å². The lowest BCUT2D eigenvalue weighted by Crippen LogP contribution is -2.36. The highest BCUT2D eigenvalue weighted by Crippen LogP contribution is 2.28. The van der Waals surface area contributed by atoms with Gasteiger partial charge in [-0.1, -0.05) is 48.9 Å². The van der Waals surface area contributed by atoms with Crippen LogP contribution in [0.2, 0.25) is 10.0 Å². The molecule has 0 spiro atoms. The van der Waals surface area contributed by atoms with Gasteiger partial charge >= 0.3 is 11.8 Å². The van der Waals surface area contributed by atoms with Gasteiger partial charge in [-0.15, -0.1) is 0 Å². The zero-order valence-electron chi connectivity index (χ0n) is 12.3. The normalized spacial score (nSPS) is 14.8. The average molecular weight is 343 g/mol. The molecule has 0 saturated heterocycles. The van der Waals surface area contributed by atoms with E-state index in [9.17, 15) is 9.59 Å². The number of nitrogens with one attached hydrogen (secondary N) is 2. The molecule has 0 aromatic heterocycles. The monoisotopic (exact) mass is 342 g/mol. The van der Waals surface area contributed by atoms with Crippen LogP contribution in [0.1, 0.15) is 38.5 Å². The number of rotatable bonds is 5. The Balaban J connectivity index is 1.71. The third-order valence-electron chi connectivity index (χ3n) is 3.94. The summed E-state index contributed by atoms with van der Waals surface area (Å²) in [7, 11) is 0. The Morgan fingerprint density at radius 2 is 1.86 bits per heavy atom. The molecular weight excluding hydrogens is 323 g/mol. The van der Waals surface area contributed by atoms with Gasteiger partial charge in [0.2, 0.25) is 0 Å².